The highest BCUT2D eigenvalue weighted by atomic mass is 32.1. The first-order valence-electron chi connectivity index (χ1n) is 7.98. The lowest BCUT2D eigenvalue weighted by Gasteiger charge is -2.13. The first kappa shape index (κ1) is 18.3. The van der Waals surface area contributed by atoms with Crippen LogP contribution in [0, 0.1) is 0 Å². The molecule has 0 radical (unpaired) electrons. The number of benzene rings is 2. The second kappa shape index (κ2) is 8.72. The van der Waals surface area contributed by atoms with Gasteiger partial charge in [-0.25, -0.2) is 0 Å². The number of thiocarbonyl (C=S) groups is 1. The molecule has 0 unspecified atom stereocenters. The van der Waals surface area contributed by atoms with Gasteiger partial charge in [-0.1, -0.05) is 42.5 Å². The summed E-state index contributed by atoms with van der Waals surface area (Å²) < 4.78 is 5.23. The third-order valence-electron chi connectivity index (χ3n) is 3.44. The van der Waals surface area contributed by atoms with Crippen molar-refractivity contribution in [3.63, 3.8) is 0 Å². The molecule has 0 bridgehead atoms. The van der Waals surface area contributed by atoms with E-state index in [2.05, 4.69) is 31.6 Å². The molecule has 0 saturated carbocycles. The van der Waals surface area contributed by atoms with E-state index in [1.165, 1.54) is 4.80 Å². The quantitative estimate of drug-likeness (QED) is 0.448. The van der Waals surface area contributed by atoms with Crippen molar-refractivity contribution >= 4 is 28.9 Å². The number of anilines is 1. The molecule has 10 heteroatoms. The molecule has 1 heterocycles. The number of tetrazole rings is 1. The SMILES string of the molecule is COc1ccccc1NC(=S)NNC(=O)Cn1nnc(-c2ccccc2)n1. The van der Waals surface area contributed by atoms with Crippen LogP contribution in [0.15, 0.2) is 54.6 Å². The normalized spacial score (nSPS) is 10.1. The summed E-state index contributed by atoms with van der Waals surface area (Å²) in [6.07, 6.45) is 0. The Morgan fingerprint density at radius 1 is 1.11 bits per heavy atom. The van der Waals surface area contributed by atoms with Crippen molar-refractivity contribution in [3.05, 3.63) is 54.6 Å². The molecule has 0 fully saturated rings. The van der Waals surface area contributed by atoms with Crippen molar-refractivity contribution in [2.45, 2.75) is 6.54 Å². The van der Waals surface area contributed by atoms with E-state index in [0.717, 1.165) is 5.56 Å². The van der Waals surface area contributed by atoms with E-state index in [0.29, 0.717) is 17.3 Å². The summed E-state index contributed by atoms with van der Waals surface area (Å²) in [5.41, 5.74) is 6.59. The van der Waals surface area contributed by atoms with Gasteiger partial charge in [0, 0.05) is 5.56 Å². The average molecular weight is 383 g/mol. The van der Waals surface area contributed by atoms with Gasteiger partial charge in [0.25, 0.3) is 5.91 Å². The molecule has 1 amide bonds. The topological polar surface area (TPSA) is 106 Å². The van der Waals surface area contributed by atoms with Crippen molar-refractivity contribution < 1.29 is 9.53 Å². The van der Waals surface area contributed by atoms with Crippen LogP contribution in [0.2, 0.25) is 0 Å². The minimum atomic E-state index is -0.379. The Kier molecular flexibility index (Phi) is 5.90. The maximum absolute atomic E-state index is 12.0. The standard InChI is InChI=1S/C17H17N7O2S/c1-26-14-10-6-5-9-13(14)18-17(27)21-19-15(25)11-24-22-16(20-23-24)12-7-3-2-4-8-12/h2-10H,11H2,1H3,(H,19,25)(H2,18,21,27). The maximum atomic E-state index is 12.0. The molecule has 1 aromatic heterocycles. The van der Waals surface area contributed by atoms with Gasteiger partial charge in [-0.05, 0) is 29.6 Å². The van der Waals surface area contributed by atoms with Crippen LogP contribution in [-0.2, 0) is 11.3 Å². The summed E-state index contributed by atoms with van der Waals surface area (Å²) in [6, 6.07) is 16.7. The summed E-state index contributed by atoms with van der Waals surface area (Å²) in [4.78, 5) is 13.2. The largest absolute Gasteiger partial charge is 0.495 e. The van der Waals surface area contributed by atoms with Crippen molar-refractivity contribution in [2.75, 3.05) is 12.4 Å². The van der Waals surface area contributed by atoms with Crippen LogP contribution < -0.4 is 20.9 Å². The van der Waals surface area contributed by atoms with Crippen LogP contribution in [0.25, 0.3) is 11.4 Å². The minimum absolute atomic E-state index is 0.107. The molecule has 3 aromatic rings. The van der Waals surface area contributed by atoms with Crippen LogP contribution in [0.1, 0.15) is 0 Å². The smallest absolute Gasteiger partial charge is 0.262 e. The van der Waals surface area contributed by atoms with E-state index in [9.17, 15) is 4.79 Å². The number of hydrogen-bond acceptors (Lipinski definition) is 6. The number of hydrazine groups is 1. The number of nitrogens with zero attached hydrogens (tertiary/aromatic N) is 4. The van der Waals surface area contributed by atoms with Crippen LogP contribution in [-0.4, -0.2) is 38.3 Å². The van der Waals surface area contributed by atoms with E-state index in [1.807, 2.05) is 42.5 Å². The van der Waals surface area contributed by atoms with Gasteiger partial charge in [0.05, 0.1) is 12.8 Å². The number of rotatable bonds is 5. The molecular weight excluding hydrogens is 366 g/mol. The first-order valence-corrected chi connectivity index (χ1v) is 8.38. The Bertz CT molecular complexity index is 930. The van der Waals surface area contributed by atoms with Crippen molar-refractivity contribution in [3.8, 4) is 17.1 Å². The Morgan fingerprint density at radius 3 is 2.63 bits per heavy atom. The van der Waals surface area contributed by atoms with Gasteiger partial charge in [0.1, 0.15) is 12.3 Å². The van der Waals surface area contributed by atoms with Gasteiger partial charge in [-0.3, -0.25) is 15.6 Å². The Morgan fingerprint density at radius 2 is 1.85 bits per heavy atom. The zero-order valence-corrected chi connectivity index (χ0v) is 15.2. The number of carbonyl (C=O) groups excluding carboxylic acids is 1. The Hall–Kier alpha value is -3.53. The van der Waals surface area contributed by atoms with E-state index in [1.54, 1.807) is 19.2 Å². The molecule has 2 aromatic carbocycles. The number of aromatic nitrogens is 4. The van der Waals surface area contributed by atoms with Gasteiger partial charge < -0.3 is 10.1 Å². The fraction of sp³-hybridized carbons (Fsp3) is 0.118. The highest BCUT2D eigenvalue weighted by molar-refractivity contribution is 7.80. The van der Waals surface area contributed by atoms with E-state index in [4.69, 9.17) is 17.0 Å². The van der Waals surface area contributed by atoms with E-state index >= 15 is 0 Å². The predicted molar refractivity (Wildman–Crippen MR) is 104 cm³/mol. The van der Waals surface area contributed by atoms with Crippen LogP contribution in [0.3, 0.4) is 0 Å². The monoisotopic (exact) mass is 383 g/mol. The Balaban J connectivity index is 1.50. The van der Waals surface area contributed by atoms with Crippen LogP contribution in [0.4, 0.5) is 5.69 Å². The molecule has 0 saturated heterocycles. The first-order chi connectivity index (χ1) is 13.2. The lowest BCUT2D eigenvalue weighted by Crippen LogP contribution is -2.45. The number of methoxy groups -OCH3 is 1. The summed E-state index contributed by atoms with van der Waals surface area (Å²) >= 11 is 5.15. The van der Waals surface area contributed by atoms with Gasteiger partial charge in [-0.2, -0.15) is 4.80 Å². The van der Waals surface area contributed by atoms with Crippen molar-refractivity contribution in [1.82, 2.24) is 31.1 Å². The third kappa shape index (κ3) is 4.98. The van der Waals surface area contributed by atoms with E-state index < -0.39 is 0 Å². The van der Waals surface area contributed by atoms with Gasteiger partial charge >= 0.3 is 0 Å². The summed E-state index contributed by atoms with van der Waals surface area (Å²) in [6.45, 7) is -0.107. The van der Waals surface area contributed by atoms with Gasteiger partial charge in [-0.15, -0.1) is 10.2 Å². The molecule has 138 valence electrons. The van der Waals surface area contributed by atoms with Gasteiger partial charge in [0.2, 0.25) is 5.82 Å². The molecule has 0 aliphatic carbocycles. The second-order valence-corrected chi connectivity index (χ2v) is 5.75. The number of hydrogen-bond donors (Lipinski definition) is 3. The molecule has 3 rings (SSSR count). The summed E-state index contributed by atoms with van der Waals surface area (Å²) in [7, 11) is 1.56. The molecule has 27 heavy (non-hydrogen) atoms. The zero-order valence-electron chi connectivity index (χ0n) is 14.4. The van der Waals surface area contributed by atoms with E-state index in [-0.39, 0.29) is 17.6 Å². The highest BCUT2D eigenvalue weighted by Crippen LogP contribution is 2.22. The molecule has 0 spiro atoms. The number of amides is 1. The molecule has 0 atom stereocenters. The number of para-hydroxylation sites is 2. The fourth-order valence-electron chi connectivity index (χ4n) is 2.21. The molecular formula is C17H17N7O2S. The lowest BCUT2D eigenvalue weighted by molar-refractivity contribution is -0.122. The molecule has 9 nitrogen and oxygen atoms in total. The number of carbonyl (C=O) groups is 1. The van der Waals surface area contributed by atoms with Crippen LogP contribution in [0.5, 0.6) is 5.75 Å². The van der Waals surface area contributed by atoms with Crippen molar-refractivity contribution in [1.29, 1.82) is 0 Å². The third-order valence-corrected chi connectivity index (χ3v) is 3.64. The number of ether oxygens (including phenoxy) is 1. The summed E-state index contributed by atoms with van der Waals surface area (Å²) in [5, 5.41) is 15.1. The summed E-state index contributed by atoms with van der Waals surface area (Å²) in [5.74, 6) is 0.703. The molecule has 3 N–H and O–H groups in total. The zero-order chi connectivity index (χ0) is 19.1. The fourth-order valence-corrected chi connectivity index (χ4v) is 2.37. The molecule has 0 aliphatic rings. The Labute approximate surface area is 160 Å². The highest BCUT2D eigenvalue weighted by Gasteiger charge is 2.10. The van der Waals surface area contributed by atoms with Gasteiger partial charge in [0.15, 0.2) is 5.11 Å². The number of nitrogens with one attached hydrogen (secondary N) is 3. The van der Waals surface area contributed by atoms with Crippen molar-refractivity contribution in [2.24, 2.45) is 0 Å². The predicted octanol–water partition coefficient (Wildman–Crippen LogP) is 1.37. The van der Waals surface area contributed by atoms with Crippen LogP contribution >= 0.6 is 12.2 Å². The molecule has 0 aliphatic heterocycles. The maximum Gasteiger partial charge on any atom is 0.262 e. The lowest BCUT2D eigenvalue weighted by atomic mass is 10.2. The minimum Gasteiger partial charge on any atom is -0.495 e. The average Bonchev–Trinajstić information content (AvgIpc) is 3.16. The second-order valence-electron chi connectivity index (χ2n) is 5.34.